The molecule has 0 aromatic carbocycles. The Kier molecular flexibility index (Phi) is 3.98. The number of rotatable bonds is 2. The van der Waals surface area contributed by atoms with Gasteiger partial charge < -0.3 is 0 Å². The van der Waals surface area contributed by atoms with Gasteiger partial charge in [0.2, 0.25) is 0 Å². The van der Waals surface area contributed by atoms with Crippen molar-refractivity contribution in [2.24, 2.45) is 0 Å². The molecule has 0 aromatic heterocycles. The topological polar surface area (TPSA) is 3.24 Å². The fourth-order valence-electron chi connectivity index (χ4n) is 0.224. The van der Waals surface area contributed by atoms with E-state index in [1.165, 1.54) is 0 Å². The molecule has 0 spiro atoms. The Hall–Kier alpha value is 0.492. The van der Waals surface area contributed by atoms with Gasteiger partial charge in [-0.1, -0.05) is 0 Å². The van der Waals surface area contributed by atoms with Crippen molar-refractivity contribution in [2.45, 2.75) is 13.8 Å². The van der Waals surface area contributed by atoms with Crippen molar-refractivity contribution >= 4 is 0 Å². The Bertz CT molecular complexity index is 26.7. The molecule has 0 aliphatic heterocycles. The van der Waals surface area contributed by atoms with Crippen molar-refractivity contribution in [3.8, 4) is 0 Å². The molecule has 0 heterocycles. The molecule has 0 N–H and O–H groups in total. The third-order valence-corrected chi connectivity index (χ3v) is 1.51. The molecule has 0 radical (unpaired) electrons. The van der Waals surface area contributed by atoms with E-state index in [1.54, 1.807) is 0 Å². The molecular formula is C4H10CrN. The van der Waals surface area contributed by atoms with Crippen molar-refractivity contribution in [3.05, 3.63) is 0 Å². The van der Waals surface area contributed by atoms with Crippen molar-refractivity contribution in [1.82, 2.24) is 3.88 Å². The van der Waals surface area contributed by atoms with Crippen LogP contribution in [0.1, 0.15) is 13.8 Å². The van der Waals surface area contributed by atoms with Crippen LogP contribution in [0.2, 0.25) is 0 Å². The van der Waals surface area contributed by atoms with E-state index in [-0.39, 0.29) is 0 Å². The van der Waals surface area contributed by atoms with E-state index in [9.17, 15) is 0 Å². The van der Waals surface area contributed by atoms with Crippen LogP contribution in [0.25, 0.3) is 0 Å². The van der Waals surface area contributed by atoms with Crippen molar-refractivity contribution < 1.29 is 16.5 Å². The first kappa shape index (κ1) is 6.49. The Morgan fingerprint density at radius 3 is 1.67 bits per heavy atom. The van der Waals surface area contributed by atoms with Crippen molar-refractivity contribution in [1.29, 1.82) is 0 Å². The van der Waals surface area contributed by atoms with Gasteiger partial charge >= 0.3 is 47.3 Å². The summed E-state index contributed by atoms with van der Waals surface area (Å²) in [7, 11) is 0. The first-order valence-electron chi connectivity index (χ1n) is 2.23. The molecule has 0 saturated carbocycles. The zero-order chi connectivity index (χ0) is 4.99. The molecule has 0 unspecified atom stereocenters. The quantitative estimate of drug-likeness (QED) is 0.526. The SMILES string of the molecule is CC[N]([Cr])CC. The van der Waals surface area contributed by atoms with E-state index in [0.717, 1.165) is 13.1 Å². The van der Waals surface area contributed by atoms with E-state index in [4.69, 9.17) is 0 Å². The number of hydrogen-bond acceptors (Lipinski definition) is 1. The van der Waals surface area contributed by atoms with Crippen molar-refractivity contribution in [2.75, 3.05) is 13.1 Å². The van der Waals surface area contributed by atoms with Gasteiger partial charge in [0.1, 0.15) is 0 Å². The predicted molar refractivity (Wildman–Crippen MR) is 22.9 cm³/mol. The molecule has 0 saturated heterocycles. The van der Waals surface area contributed by atoms with Gasteiger partial charge in [-0.05, 0) is 0 Å². The van der Waals surface area contributed by atoms with Gasteiger partial charge in [-0.25, -0.2) is 0 Å². The van der Waals surface area contributed by atoms with Crippen LogP contribution in [0, 0.1) is 0 Å². The Morgan fingerprint density at radius 1 is 1.33 bits per heavy atom. The third kappa shape index (κ3) is 2.72. The molecule has 0 bridgehead atoms. The Morgan fingerprint density at radius 2 is 1.67 bits per heavy atom. The molecule has 0 aliphatic carbocycles. The molecule has 0 rings (SSSR count). The summed E-state index contributed by atoms with van der Waals surface area (Å²) in [6, 6.07) is 0. The van der Waals surface area contributed by atoms with E-state index in [1.807, 2.05) is 0 Å². The molecule has 0 atom stereocenters. The number of hydrogen-bond donors (Lipinski definition) is 0. The second kappa shape index (κ2) is 3.67. The summed E-state index contributed by atoms with van der Waals surface area (Å²) in [5, 5.41) is 0. The summed E-state index contributed by atoms with van der Waals surface area (Å²) in [5.41, 5.74) is 0. The standard InChI is InChI=1S/C4H10N.Cr/c1-3-5-4-2;/h3-4H2,1-2H3;/q-1;+1. The van der Waals surface area contributed by atoms with E-state index in [0.29, 0.717) is 0 Å². The third-order valence-electron chi connectivity index (χ3n) is 0.705. The van der Waals surface area contributed by atoms with Crippen molar-refractivity contribution in [3.63, 3.8) is 0 Å². The Labute approximate surface area is 48.0 Å². The van der Waals surface area contributed by atoms with Crippen LogP contribution in [0.4, 0.5) is 0 Å². The fourth-order valence-corrected chi connectivity index (χ4v) is 0.224. The summed E-state index contributed by atoms with van der Waals surface area (Å²) in [4.78, 5) is 0. The van der Waals surface area contributed by atoms with Gasteiger partial charge in [0.15, 0.2) is 0 Å². The van der Waals surface area contributed by atoms with Gasteiger partial charge in [0.05, 0.1) is 0 Å². The van der Waals surface area contributed by atoms with Gasteiger partial charge in [0, 0.05) is 0 Å². The van der Waals surface area contributed by atoms with Crippen LogP contribution in [-0.2, 0) is 16.5 Å². The molecule has 0 amide bonds. The maximum absolute atomic E-state index is 2.91. The monoisotopic (exact) mass is 124 g/mol. The number of nitrogens with zero attached hydrogens (tertiary/aromatic N) is 1. The van der Waals surface area contributed by atoms with Crippen LogP contribution in [-0.4, -0.2) is 17.0 Å². The molecule has 37 valence electrons. The first-order chi connectivity index (χ1) is 2.81. The van der Waals surface area contributed by atoms with Crippen LogP contribution < -0.4 is 0 Å². The maximum atomic E-state index is 2.91. The predicted octanol–water partition coefficient (Wildman–Crippen LogP) is 0.790. The molecule has 0 aliphatic rings. The summed E-state index contributed by atoms with van der Waals surface area (Å²) >= 11 is 2.91. The van der Waals surface area contributed by atoms with Gasteiger partial charge in [0.25, 0.3) is 0 Å². The zero-order valence-electron chi connectivity index (χ0n) is 4.27. The second-order valence-electron chi connectivity index (χ2n) is 1.11. The average molecular weight is 124 g/mol. The molecule has 0 aromatic rings. The van der Waals surface area contributed by atoms with Gasteiger partial charge in [-0.2, -0.15) is 0 Å². The first-order valence-corrected chi connectivity index (χ1v) is 2.80. The van der Waals surface area contributed by atoms with E-state index >= 15 is 0 Å². The Balaban J connectivity index is 2.75. The summed E-state index contributed by atoms with van der Waals surface area (Å²) in [6.07, 6.45) is 0. The second-order valence-corrected chi connectivity index (χ2v) is 1.92. The van der Waals surface area contributed by atoms with Gasteiger partial charge in [-0.15, -0.1) is 0 Å². The van der Waals surface area contributed by atoms with Crippen LogP contribution >= 0.6 is 0 Å². The molecule has 2 heteroatoms. The summed E-state index contributed by atoms with van der Waals surface area (Å²) in [5.74, 6) is 0. The minimum atomic E-state index is 1.11. The van der Waals surface area contributed by atoms with E-state index < -0.39 is 0 Å². The molecule has 0 fully saturated rings. The summed E-state index contributed by atoms with van der Waals surface area (Å²) in [6.45, 7) is 6.47. The van der Waals surface area contributed by atoms with E-state index in [2.05, 4.69) is 34.2 Å². The summed E-state index contributed by atoms with van der Waals surface area (Å²) < 4.78 is 2.12. The van der Waals surface area contributed by atoms with Crippen LogP contribution in [0.3, 0.4) is 0 Å². The van der Waals surface area contributed by atoms with Crippen LogP contribution in [0.15, 0.2) is 0 Å². The average Bonchev–Trinajstić information content (AvgIpc) is 1.65. The van der Waals surface area contributed by atoms with Gasteiger partial charge in [-0.3, -0.25) is 0 Å². The zero-order valence-corrected chi connectivity index (χ0v) is 5.54. The minimum absolute atomic E-state index is 1.11. The molecule has 1 nitrogen and oxygen atoms in total. The molecule has 6 heavy (non-hydrogen) atoms. The molecular weight excluding hydrogens is 114 g/mol. The van der Waals surface area contributed by atoms with Crippen LogP contribution in [0.5, 0.6) is 0 Å². The normalized spacial score (nSPS) is 9.83. The fraction of sp³-hybridized carbons (Fsp3) is 1.00.